The average Bonchev–Trinajstić information content (AvgIpc) is 3.53. The standard InChI is InChI=1S/C23H23F2N5O3/c24-14-3-5-18(25)17(10-14)19-2-1-8-29(19)16-4-6-21-26-11-20(30(21)13-16)22(31)28-9-7-15(12-28)27-23(32)33/h3-6,10-11,13,15,19,27H,1-2,7-9,12H2,(H,32,33)/t15?,19-/m1/s1. The van der Waals surface area contributed by atoms with Crippen LogP contribution in [0.4, 0.5) is 19.3 Å². The summed E-state index contributed by atoms with van der Waals surface area (Å²) in [5.41, 5.74) is 2.07. The van der Waals surface area contributed by atoms with Crippen LogP contribution in [-0.4, -0.2) is 57.1 Å². The highest BCUT2D eigenvalue weighted by Gasteiger charge is 2.31. The van der Waals surface area contributed by atoms with Gasteiger partial charge in [0.05, 0.1) is 24.0 Å². The SMILES string of the molecule is O=C(O)NC1CCN(C(=O)c2cnc3ccc(N4CCC[C@@H]4c4cc(F)ccc4F)cn23)C1. The second-order valence-corrected chi connectivity index (χ2v) is 8.46. The number of anilines is 1. The number of nitrogens with one attached hydrogen (secondary N) is 1. The van der Waals surface area contributed by atoms with Crippen LogP contribution in [0.1, 0.15) is 41.4 Å². The molecular weight excluding hydrogens is 432 g/mol. The highest BCUT2D eigenvalue weighted by Crippen LogP contribution is 2.37. The molecule has 3 aromatic rings. The maximum atomic E-state index is 14.5. The number of carbonyl (C=O) groups is 2. The maximum Gasteiger partial charge on any atom is 0.404 e. The molecule has 2 aliphatic heterocycles. The number of carbonyl (C=O) groups excluding carboxylic acids is 1. The van der Waals surface area contributed by atoms with Crippen LogP contribution in [0.25, 0.3) is 5.65 Å². The Morgan fingerprint density at radius 3 is 2.79 bits per heavy atom. The predicted molar refractivity (Wildman–Crippen MR) is 116 cm³/mol. The van der Waals surface area contributed by atoms with Crippen molar-refractivity contribution in [2.45, 2.75) is 31.3 Å². The van der Waals surface area contributed by atoms with E-state index in [1.165, 1.54) is 12.3 Å². The minimum atomic E-state index is -1.11. The zero-order valence-electron chi connectivity index (χ0n) is 17.7. The van der Waals surface area contributed by atoms with Gasteiger partial charge < -0.3 is 20.2 Å². The second kappa shape index (κ2) is 8.34. The molecule has 2 amide bonds. The quantitative estimate of drug-likeness (QED) is 0.629. The van der Waals surface area contributed by atoms with Crippen LogP contribution in [0.5, 0.6) is 0 Å². The van der Waals surface area contributed by atoms with E-state index in [2.05, 4.69) is 10.3 Å². The van der Waals surface area contributed by atoms with Gasteiger partial charge in [-0.1, -0.05) is 0 Å². The lowest BCUT2D eigenvalue weighted by atomic mass is 10.0. The molecule has 2 saturated heterocycles. The van der Waals surface area contributed by atoms with Crippen molar-refractivity contribution in [3.05, 3.63) is 65.6 Å². The summed E-state index contributed by atoms with van der Waals surface area (Å²) in [6.45, 7) is 1.42. The van der Waals surface area contributed by atoms with Crippen LogP contribution in [0.15, 0.2) is 42.7 Å². The Hall–Kier alpha value is -3.69. The number of imidazole rings is 1. The molecule has 2 N–H and O–H groups in total. The zero-order valence-corrected chi connectivity index (χ0v) is 17.7. The molecule has 2 atom stereocenters. The van der Waals surface area contributed by atoms with Gasteiger partial charge in [0.2, 0.25) is 0 Å². The number of carboxylic acid groups (broad SMARTS) is 1. The first kappa shape index (κ1) is 21.2. The summed E-state index contributed by atoms with van der Waals surface area (Å²) in [5, 5.41) is 11.3. The Morgan fingerprint density at radius 2 is 1.97 bits per heavy atom. The minimum absolute atomic E-state index is 0.233. The molecular formula is C23H23F2N5O3. The van der Waals surface area contributed by atoms with Crippen LogP contribution in [0, 0.1) is 11.6 Å². The topological polar surface area (TPSA) is 90.2 Å². The third kappa shape index (κ3) is 3.96. The molecule has 2 aliphatic rings. The number of rotatable bonds is 4. The summed E-state index contributed by atoms with van der Waals surface area (Å²) < 4.78 is 30.0. The number of hydrogen-bond acceptors (Lipinski definition) is 4. The molecule has 4 heterocycles. The Labute approximate surface area is 188 Å². The van der Waals surface area contributed by atoms with Crippen molar-refractivity contribution in [3.63, 3.8) is 0 Å². The smallest absolute Gasteiger partial charge is 0.404 e. The molecule has 33 heavy (non-hydrogen) atoms. The van der Waals surface area contributed by atoms with Crippen molar-refractivity contribution in [1.82, 2.24) is 19.6 Å². The molecule has 0 saturated carbocycles. The average molecular weight is 455 g/mol. The second-order valence-electron chi connectivity index (χ2n) is 8.46. The fraction of sp³-hybridized carbons (Fsp3) is 0.348. The molecule has 5 rings (SSSR count). The van der Waals surface area contributed by atoms with E-state index in [0.29, 0.717) is 49.4 Å². The van der Waals surface area contributed by atoms with Gasteiger partial charge in [0.15, 0.2) is 0 Å². The summed E-state index contributed by atoms with van der Waals surface area (Å²) >= 11 is 0. The molecule has 2 aromatic heterocycles. The third-order valence-corrected chi connectivity index (χ3v) is 6.41. The molecule has 0 bridgehead atoms. The molecule has 1 aromatic carbocycles. The van der Waals surface area contributed by atoms with Crippen molar-refractivity contribution >= 4 is 23.3 Å². The molecule has 10 heteroatoms. The number of benzene rings is 1. The van der Waals surface area contributed by atoms with Crippen LogP contribution < -0.4 is 10.2 Å². The Morgan fingerprint density at radius 1 is 1.12 bits per heavy atom. The number of fused-ring (bicyclic) bond motifs is 1. The van der Waals surface area contributed by atoms with E-state index in [0.717, 1.165) is 24.2 Å². The van der Waals surface area contributed by atoms with Crippen molar-refractivity contribution in [3.8, 4) is 0 Å². The molecule has 8 nitrogen and oxygen atoms in total. The lowest BCUT2D eigenvalue weighted by Crippen LogP contribution is -2.37. The number of aromatic nitrogens is 2. The number of halogens is 2. The maximum absolute atomic E-state index is 14.5. The van der Waals surface area contributed by atoms with Gasteiger partial charge in [0.25, 0.3) is 5.91 Å². The van der Waals surface area contributed by atoms with Gasteiger partial charge in [0.1, 0.15) is 23.0 Å². The number of pyridine rings is 1. The lowest BCUT2D eigenvalue weighted by molar-refractivity contribution is 0.0781. The van der Waals surface area contributed by atoms with Crippen LogP contribution >= 0.6 is 0 Å². The van der Waals surface area contributed by atoms with Gasteiger partial charge in [0, 0.05) is 31.4 Å². The van der Waals surface area contributed by atoms with E-state index in [1.54, 1.807) is 21.6 Å². The van der Waals surface area contributed by atoms with Crippen molar-refractivity contribution in [1.29, 1.82) is 0 Å². The monoisotopic (exact) mass is 455 g/mol. The first-order valence-electron chi connectivity index (χ1n) is 10.9. The summed E-state index contributed by atoms with van der Waals surface area (Å²) in [7, 11) is 0. The van der Waals surface area contributed by atoms with Gasteiger partial charge in [-0.25, -0.2) is 18.6 Å². The Kier molecular flexibility index (Phi) is 5.35. The first-order valence-corrected chi connectivity index (χ1v) is 10.9. The van der Waals surface area contributed by atoms with E-state index < -0.39 is 17.7 Å². The largest absolute Gasteiger partial charge is 0.465 e. The highest BCUT2D eigenvalue weighted by molar-refractivity contribution is 5.93. The summed E-state index contributed by atoms with van der Waals surface area (Å²) in [4.78, 5) is 32.0. The molecule has 0 aliphatic carbocycles. The highest BCUT2D eigenvalue weighted by atomic mass is 19.1. The van der Waals surface area contributed by atoms with E-state index in [1.807, 2.05) is 11.0 Å². The van der Waals surface area contributed by atoms with Gasteiger partial charge >= 0.3 is 6.09 Å². The first-order chi connectivity index (χ1) is 15.9. The lowest BCUT2D eigenvalue weighted by Gasteiger charge is -2.27. The minimum Gasteiger partial charge on any atom is -0.465 e. The van der Waals surface area contributed by atoms with Gasteiger partial charge in [-0.3, -0.25) is 9.20 Å². The molecule has 2 fully saturated rings. The van der Waals surface area contributed by atoms with E-state index >= 15 is 0 Å². The summed E-state index contributed by atoms with van der Waals surface area (Å²) in [6.07, 6.45) is 4.28. The number of likely N-dealkylation sites (tertiary alicyclic amines) is 1. The zero-order chi connectivity index (χ0) is 23.1. The van der Waals surface area contributed by atoms with E-state index in [4.69, 9.17) is 5.11 Å². The normalized spacial score (nSPS) is 20.5. The fourth-order valence-electron chi connectivity index (χ4n) is 4.87. The fourth-order valence-corrected chi connectivity index (χ4v) is 4.87. The summed E-state index contributed by atoms with van der Waals surface area (Å²) in [6, 6.07) is 6.58. The number of hydrogen-bond donors (Lipinski definition) is 2. The number of nitrogens with zero attached hydrogens (tertiary/aromatic N) is 4. The van der Waals surface area contributed by atoms with Crippen molar-refractivity contribution < 1.29 is 23.5 Å². The van der Waals surface area contributed by atoms with E-state index in [-0.39, 0.29) is 18.0 Å². The van der Waals surface area contributed by atoms with Gasteiger partial charge in [-0.2, -0.15) is 0 Å². The predicted octanol–water partition coefficient (Wildman–Crippen LogP) is 3.44. The van der Waals surface area contributed by atoms with Gasteiger partial charge in [-0.05, 0) is 49.6 Å². The van der Waals surface area contributed by atoms with Gasteiger partial charge in [-0.15, -0.1) is 0 Å². The summed E-state index contributed by atoms with van der Waals surface area (Å²) in [5.74, 6) is -1.15. The van der Waals surface area contributed by atoms with E-state index in [9.17, 15) is 18.4 Å². The van der Waals surface area contributed by atoms with Crippen molar-refractivity contribution in [2.75, 3.05) is 24.5 Å². The molecule has 0 spiro atoms. The number of amides is 2. The third-order valence-electron chi connectivity index (χ3n) is 6.41. The van der Waals surface area contributed by atoms with Crippen LogP contribution in [-0.2, 0) is 0 Å². The Balaban J connectivity index is 1.43. The Bertz CT molecular complexity index is 1230. The van der Waals surface area contributed by atoms with Crippen LogP contribution in [0.3, 0.4) is 0 Å². The molecule has 172 valence electrons. The van der Waals surface area contributed by atoms with Crippen molar-refractivity contribution in [2.24, 2.45) is 0 Å². The van der Waals surface area contributed by atoms with Crippen LogP contribution in [0.2, 0.25) is 0 Å². The molecule has 0 radical (unpaired) electrons. The molecule has 1 unspecified atom stereocenters.